The van der Waals surface area contributed by atoms with Gasteiger partial charge >= 0.3 is 0 Å². The Morgan fingerprint density at radius 2 is 2.04 bits per heavy atom. The van der Waals surface area contributed by atoms with E-state index < -0.39 is 0 Å². The maximum absolute atomic E-state index is 12.4. The van der Waals surface area contributed by atoms with Crippen molar-refractivity contribution in [3.63, 3.8) is 0 Å². The number of nitrogens with zero attached hydrogens (tertiary/aromatic N) is 2. The molecule has 4 heteroatoms. The second-order valence-electron chi connectivity index (χ2n) is 7.54. The number of hydrogen-bond acceptors (Lipinski definition) is 3. The molecule has 3 rings (SSSR count). The highest BCUT2D eigenvalue weighted by Gasteiger charge is 2.23. The zero-order chi connectivity index (χ0) is 18.4. The zero-order valence-corrected chi connectivity index (χ0v) is 16.1. The Labute approximate surface area is 157 Å². The molecule has 0 bridgehead atoms. The molecule has 0 aromatic heterocycles. The van der Waals surface area contributed by atoms with E-state index in [0.29, 0.717) is 6.42 Å². The molecule has 0 saturated carbocycles. The van der Waals surface area contributed by atoms with Gasteiger partial charge in [-0.2, -0.15) is 0 Å². The first-order valence-electron chi connectivity index (χ1n) is 9.84. The van der Waals surface area contributed by atoms with Gasteiger partial charge in [-0.1, -0.05) is 43.3 Å². The van der Waals surface area contributed by atoms with Gasteiger partial charge in [0.25, 0.3) is 0 Å². The van der Waals surface area contributed by atoms with Crippen LogP contribution in [0.25, 0.3) is 10.8 Å². The molecular formula is C22H31N3O. The Balaban J connectivity index is 1.46. The topological polar surface area (TPSA) is 35.6 Å². The van der Waals surface area contributed by atoms with Gasteiger partial charge in [0.15, 0.2) is 0 Å². The third-order valence-electron chi connectivity index (χ3n) is 5.26. The average Bonchev–Trinajstić information content (AvgIpc) is 3.08. The number of rotatable bonds is 8. The molecule has 4 nitrogen and oxygen atoms in total. The van der Waals surface area contributed by atoms with E-state index in [2.05, 4.69) is 47.3 Å². The van der Waals surface area contributed by atoms with E-state index in [1.807, 2.05) is 24.3 Å². The molecule has 0 spiro atoms. The van der Waals surface area contributed by atoms with Crippen LogP contribution in [-0.2, 0) is 4.79 Å². The van der Waals surface area contributed by atoms with E-state index in [0.717, 1.165) is 42.0 Å². The molecule has 1 unspecified atom stereocenters. The van der Waals surface area contributed by atoms with E-state index in [9.17, 15) is 4.79 Å². The summed E-state index contributed by atoms with van der Waals surface area (Å²) < 4.78 is 0. The Morgan fingerprint density at radius 3 is 2.88 bits per heavy atom. The van der Waals surface area contributed by atoms with Crippen LogP contribution >= 0.6 is 0 Å². The van der Waals surface area contributed by atoms with Crippen LogP contribution in [0.1, 0.15) is 26.2 Å². The van der Waals surface area contributed by atoms with Crippen LogP contribution in [-0.4, -0.2) is 55.5 Å². The molecule has 0 aliphatic carbocycles. The third kappa shape index (κ3) is 5.05. The summed E-state index contributed by atoms with van der Waals surface area (Å²) in [5, 5.41) is 5.35. The lowest BCUT2D eigenvalue weighted by Crippen LogP contribution is -2.30. The maximum Gasteiger partial charge on any atom is 0.225 e. The summed E-state index contributed by atoms with van der Waals surface area (Å²) in [6.45, 7) is 7.66. The molecule has 2 aromatic carbocycles. The number of carbonyl (C=O) groups is 1. The van der Waals surface area contributed by atoms with Gasteiger partial charge in [0, 0.05) is 37.1 Å². The molecule has 26 heavy (non-hydrogen) atoms. The van der Waals surface area contributed by atoms with Crippen molar-refractivity contribution >= 4 is 22.4 Å². The van der Waals surface area contributed by atoms with Crippen molar-refractivity contribution in [2.24, 2.45) is 5.92 Å². The molecule has 1 atom stereocenters. The Hall–Kier alpha value is -1.91. The summed E-state index contributed by atoms with van der Waals surface area (Å²) >= 11 is 0. The SMILES string of the molecule is CCCN(C)CC1CCN(CCC(=O)Nc2cccc3ccccc23)C1. The maximum atomic E-state index is 12.4. The highest BCUT2D eigenvalue weighted by atomic mass is 16.1. The second kappa shape index (κ2) is 9.15. The van der Waals surface area contributed by atoms with Crippen molar-refractivity contribution < 1.29 is 4.79 Å². The molecule has 1 N–H and O–H groups in total. The number of anilines is 1. The van der Waals surface area contributed by atoms with Crippen molar-refractivity contribution in [1.82, 2.24) is 9.80 Å². The standard InChI is InChI=1S/C22H31N3O/c1-3-13-24(2)16-18-11-14-25(17-18)15-12-22(26)23-21-10-6-8-19-7-4-5-9-20(19)21/h4-10,18H,3,11-17H2,1-2H3,(H,23,26). The first-order chi connectivity index (χ1) is 12.7. The Kier molecular flexibility index (Phi) is 6.64. The highest BCUT2D eigenvalue weighted by molar-refractivity contribution is 6.02. The monoisotopic (exact) mass is 353 g/mol. The molecule has 1 heterocycles. The number of hydrogen-bond donors (Lipinski definition) is 1. The number of likely N-dealkylation sites (tertiary alicyclic amines) is 1. The lowest BCUT2D eigenvalue weighted by atomic mass is 10.1. The Morgan fingerprint density at radius 1 is 1.23 bits per heavy atom. The van der Waals surface area contributed by atoms with Crippen LogP contribution in [0.2, 0.25) is 0 Å². The normalized spacial score (nSPS) is 17.9. The summed E-state index contributed by atoms with van der Waals surface area (Å²) in [4.78, 5) is 17.3. The van der Waals surface area contributed by atoms with Gasteiger partial charge < -0.3 is 15.1 Å². The quantitative estimate of drug-likeness (QED) is 0.783. The third-order valence-corrected chi connectivity index (χ3v) is 5.26. The number of carbonyl (C=O) groups excluding carboxylic acids is 1. The lowest BCUT2D eigenvalue weighted by molar-refractivity contribution is -0.116. The van der Waals surface area contributed by atoms with Crippen molar-refractivity contribution in [3.8, 4) is 0 Å². The number of benzene rings is 2. The van der Waals surface area contributed by atoms with Gasteiger partial charge in [0.05, 0.1) is 0 Å². The van der Waals surface area contributed by atoms with Gasteiger partial charge in [0.1, 0.15) is 0 Å². The summed E-state index contributed by atoms with van der Waals surface area (Å²) in [6.07, 6.45) is 3.01. The summed E-state index contributed by atoms with van der Waals surface area (Å²) in [5.41, 5.74) is 0.911. The van der Waals surface area contributed by atoms with Crippen LogP contribution in [0.3, 0.4) is 0 Å². The molecule has 1 fully saturated rings. The van der Waals surface area contributed by atoms with Crippen LogP contribution < -0.4 is 5.32 Å². The molecule has 1 aliphatic heterocycles. The molecule has 1 saturated heterocycles. The molecule has 1 aliphatic rings. The first-order valence-corrected chi connectivity index (χ1v) is 9.84. The molecule has 1 amide bonds. The van der Waals surface area contributed by atoms with E-state index in [1.165, 1.54) is 25.9 Å². The van der Waals surface area contributed by atoms with E-state index in [-0.39, 0.29) is 5.91 Å². The smallest absolute Gasteiger partial charge is 0.225 e. The van der Waals surface area contributed by atoms with Crippen molar-refractivity contribution in [2.75, 3.05) is 45.1 Å². The number of fused-ring (bicyclic) bond motifs is 1. The van der Waals surface area contributed by atoms with Gasteiger partial charge in [-0.25, -0.2) is 0 Å². The van der Waals surface area contributed by atoms with Crippen molar-refractivity contribution in [2.45, 2.75) is 26.2 Å². The number of nitrogens with one attached hydrogen (secondary N) is 1. The molecular weight excluding hydrogens is 322 g/mol. The van der Waals surface area contributed by atoms with Gasteiger partial charge in [-0.15, -0.1) is 0 Å². The van der Waals surface area contributed by atoms with Crippen LogP contribution in [0, 0.1) is 5.92 Å². The van der Waals surface area contributed by atoms with E-state index >= 15 is 0 Å². The lowest BCUT2D eigenvalue weighted by Gasteiger charge is -2.21. The first kappa shape index (κ1) is 18.9. The highest BCUT2D eigenvalue weighted by Crippen LogP contribution is 2.23. The fourth-order valence-electron chi connectivity index (χ4n) is 3.99. The summed E-state index contributed by atoms with van der Waals surface area (Å²) in [7, 11) is 2.21. The average molecular weight is 354 g/mol. The van der Waals surface area contributed by atoms with E-state index in [4.69, 9.17) is 0 Å². The molecule has 2 aromatic rings. The predicted molar refractivity (Wildman–Crippen MR) is 110 cm³/mol. The molecule has 0 radical (unpaired) electrons. The minimum Gasteiger partial charge on any atom is -0.325 e. The molecule has 140 valence electrons. The van der Waals surface area contributed by atoms with Crippen LogP contribution in [0.4, 0.5) is 5.69 Å². The number of amides is 1. The second-order valence-corrected chi connectivity index (χ2v) is 7.54. The fourth-order valence-corrected chi connectivity index (χ4v) is 3.99. The summed E-state index contributed by atoms with van der Waals surface area (Å²) in [6, 6.07) is 14.2. The van der Waals surface area contributed by atoms with Crippen molar-refractivity contribution in [1.29, 1.82) is 0 Å². The summed E-state index contributed by atoms with van der Waals surface area (Å²) in [5.74, 6) is 0.848. The van der Waals surface area contributed by atoms with Crippen LogP contribution in [0.15, 0.2) is 42.5 Å². The van der Waals surface area contributed by atoms with Crippen LogP contribution in [0.5, 0.6) is 0 Å². The Bertz CT molecular complexity index is 725. The van der Waals surface area contributed by atoms with E-state index in [1.54, 1.807) is 0 Å². The van der Waals surface area contributed by atoms with Crippen molar-refractivity contribution in [3.05, 3.63) is 42.5 Å². The van der Waals surface area contributed by atoms with Gasteiger partial charge in [-0.05, 0) is 50.3 Å². The zero-order valence-electron chi connectivity index (χ0n) is 16.1. The predicted octanol–water partition coefficient (Wildman–Crippen LogP) is 3.83. The van der Waals surface area contributed by atoms with Gasteiger partial charge in [-0.3, -0.25) is 4.79 Å². The minimum atomic E-state index is 0.105. The fraction of sp³-hybridized carbons (Fsp3) is 0.500. The minimum absolute atomic E-state index is 0.105. The largest absolute Gasteiger partial charge is 0.325 e. The van der Waals surface area contributed by atoms with Gasteiger partial charge in [0.2, 0.25) is 5.91 Å².